The van der Waals surface area contributed by atoms with Crippen LogP contribution in [0.2, 0.25) is 0 Å². The van der Waals surface area contributed by atoms with Gasteiger partial charge in [-0.25, -0.2) is 0 Å². The second-order valence-electron chi connectivity index (χ2n) is 7.50. The van der Waals surface area contributed by atoms with E-state index < -0.39 is 0 Å². The van der Waals surface area contributed by atoms with E-state index in [-0.39, 0.29) is 11.3 Å². The van der Waals surface area contributed by atoms with Gasteiger partial charge in [-0.2, -0.15) is 4.98 Å². The number of nitrogens with one attached hydrogen (secondary N) is 1. The summed E-state index contributed by atoms with van der Waals surface area (Å²) >= 11 is 0. The highest BCUT2D eigenvalue weighted by Crippen LogP contribution is 2.26. The van der Waals surface area contributed by atoms with Crippen LogP contribution >= 0.6 is 0 Å². The van der Waals surface area contributed by atoms with Crippen molar-refractivity contribution in [1.29, 1.82) is 0 Å². The maximum Gasteiger partial charge on any atom is 0.258 e. The van der Waals surface area contributed by atoms with E-state index in [1.54, 1.807) is 25.3 Å². The Kier molecular flexibility index (Phi) is 6.16. The zero-order chi connectivity index (χ0) is 20.9. The topological polar surface area (TPSA) is 86.5 Å². The summed E-state index contributed by atoms with van der Waals surface area (Å²) in [6.07, 6.45) is 0. The summed E-state index contributed by atoms with van der Waals surface area (Å²) in [5.41, 5.74) is 0.836. The summed E-state index contributed by atoms with van der Waals surface area (Å²) in [7, 11) is 1.61. The maximum atomic E-state index is 12.7. The summed E-state index contributed by atoms with van der Waals surface area (Å²) < 4.78 is 16.1. The molecule has 0 unspecified atom stereocenters. The molecule has 7 nitrogen and oxygen atoms in total. The van der Waals surface area contributed by atoms with Crippen LogP contribution in [0.1, 0.15) is 37.0 Å². The van der Waals surface area contributed by atoms with E-state index in [0.29, 0.717) is 41.7 Å². The molecular weight excluding hydrogens is 370 g/mol. The Balaban J connectivity index is 1.62. The molecule has 29 heavy (non-hydrogen) atoms. The molecule has 7 heteroatoms. The van der Waals surface area contributed by atoms with Gasteiger partial charge in [-0.15, -0.1) is 0 Å². The van der Waals surface area contributed by atoms with Crippen LogP contribution in [0, 0.1) is 0 Å². The number of ether oxygens (including phenoxy) is 2. The van der Waals surface area contributed by atoms with Crippen molar-refractivity contribution in [3.05, 3.63) is 59.9 Å². The molecule has 1 aromatic heterocycles. The SMILES string of the molecule is COc1ccc(OCCNC(=O)c2ccccc2-c2nc(C(C)(C)C)no2)cc1. The van der Waals surface area contributed by atoms with Gasteiger partial charge in [0.1, 0.15) is 18.1 Å². The van der Waals surface area contributed by atoms with E-state index in [1.807, 2.05) is 51.1 Å². The summed E-state index contributed by atoms with van der Waals surface area (Å²) in [6.45, 7) is 6.71. The average molecular weight is 395 g/mol. The highest BCUT2D eigenvalue weighted by molar-refractivity contribution is 5.99. The van der Waals surface area contributed by atoms with Crippen LogP contribution in [0.25, 0.3) is 11.5 Å². The second-order valence-corrected chi connectivity index (χ2v) is 7.50. The van der Waals surface area contributed by atoms with Gasteiger partial charge in [0.2, 0.25) is 0 Å². The number of hydrogen-bond acceptors (Lipinski definition) is 6. The van der Waals surface area contributed by atoms with Crippen LogP contribution in [-0.2, 0) is 5.41 Å². The first kappa shape index (κ1) is 20.4. The van der Waals surface area contributed by atoms with Gasteiger partial charge in [-0.1, -0.05) is 38.1 Å². The van der Waals surface area contributed by atoms with Crippen LogP contribution in [0.3, 0.4) is 0 Å². The molecule has 0 aliphatic rings. The zero-order valence-electron chi connectivity index (χ0n) is 17.1. The number of rotatable bonds is 7. The minimum absolute atomic E-state index is 0.227. The van der Waals surface area contributed by atoms with E-state index in [0.717, 1.165) is 5.75 Å². The van der Waals surface area contributed by atoms with E-state index in [1.165, 1.54) is 0 Å². The van der Waals surface area contributed by atoms with E-state index in [2.05, 4.69) is 15.5 Å². The summed E-state index contributed by atoms with van der Waals surface area (Å²) in [4.78, 5) is 17.1. The third kappa shape index (κ3) is 5.13. The molecule has 0 atom stereocenters. The number of nitrogens with zero attached hydrogens (tertiary/aromatic N) is 2. The smallest absolute Gasteiger partial charge is 0.258 e. The first-order valence-corrected chi connectivity index (χ1v) is 9.37. The number of carbonyl (C=O) groups excluding carboxylic acids is 1. The van der Waals surface area contributed by atoms with Gasteiger partial charge in [0.05, 0.1) is 24.8 Å². The van der Waals surface area contributed by atoms with Gasteiger partial charge in [0.15, 0.2) is 5.82 Å². The Hall–Kier alpha value is -3.35. The zero-order valence-corrected chi connectivity index (χ0v) is 17.1. The average Bonchev–Trinajstić information content (AvgIpc) is 3.22. The van der Waals surface area contributed by atoms with Crippen molar-refractivity contribution in [3.63, 3.8) is 0 Å². The summed E-state index contributed by atoms with van der Waals surface area (Å²) in [5.74, 6) is 2.17. The van der Waals surface area contributed by atoms with Crippen molar-refractivity contribution in [3.8, 4) is 23.0 Å². The summed E-state index contributed by atoms with van der Waals surface area (Å²) in [6, 6.07) is 14.4. The highest BCUT2D eigenvalue weighted by atomic mass is 16.5. The third-order valence-electron chi connectivity index (χ3n) is 4.21. The fourth-order valence-corrected chi connectivity index (χ4v) is 2.61. The molecule has 0 bridgehead atoms. The Labute approximate surface area is 170 Å². The van der Waals surface area contributed by atoms with Gasteiger partial charge in [0.25, 0.3) is 11.8 Å². The molecule has 0 saturated carbocycles. The fourth-order valence-electron chi connectivity index (χ4n) is 2.61. The molecule has 2 aromatic carbocycles. The van der Waals surface area contributed by atoms with Gasteiger partial charge < -0.3 is 19.3 Å². The first-order valence-electron chi connectivity index (χ1n) is 9.37. The quantitative estimate of drug-likeness (QED) is 0.612. The lowest BCUT2D eigenvalue weighted by molar-refractivity contribution is 0.0947. The lowest BCUT2D eigenvalue weighted by Gasteiger charge is -2.11. The highest BCUT2D eigenvalue weighted by Gasteiger charge is 2.23. The van der Waals surface area contributed by atoms with Gasteiger partial charge in [-0.3, -0.25) is 4.79 Å². The number of methoxy groups -OCH3 is 1. The number of amides is 1. The summed E-state index contributed by atoms with van der Waals surface area (Å²) in [5, 5.41) is 6.90. The Bertz CT molecular complexity index is 959. The van der Waals surface area contributed by atoms with Crippen LogP contribution in [-0.4, -0.2) is 36.3 Å². The van der Waals surface area contributed by atoms with E-state index in [9.17, 15) is 4.79 Å². The molecule has 0 radical (unpaired) electrons. The largest absolute Gasteiger partial charge is 0.497 e. The molecule has 1 amide bonds. The lowest BCUT2D eigenvalue weighted by Crippen LogP contribution is -2.28. The fraction of sp³-hybridized carbons (Fsp3) is 0.318. The molecule has 152 valence electrons. The molecule has 0 aliphatic carbocycles. The molecular formula is C22H25N3O4. The second kappa shape index (κ2) is 8.77. The molecule has 0 saturated heterocycles. The number of benzene rings is 2. The number of hydrogen-bond donors (Lipinski definition) is 1. The van der Waals surface area contributed by atoms with Gasteiger partial charge in [0, 0.05) is 5.41 Å². The van der Waals surface area contributed by atoms with Crippen molar-refractivity contribution in [2.45, 2.75) is 26.2 Å². The van der Waals surface area contributed by atoms with Crippen molar-refractivity contribution >= 4 is 5.91 Å². The van der Waals surface area contributed by atoms with E-state index in [4.69, 9.17) is 14.0 Å². The van der Waals surface area contributed by atoms with Crippen LogP contribution in [0.4, 0.5) is 0 Å². The standard InChI is InChI=1S/C22H25N3O4/c1-22(2,3)21-24-20(29-25-21)18-8-6-5-7-17(18)19(26)23-13-14-28-16-11-9-15(27-4)10-12-16/h5-12H,13-14H2,1-4H3,(H,23,26). The first-order chi connectivity index (χ1) is 13.9. The Morgan fingerprint density at radius 1 is 1.07 bits per heavy atom. The molecule has 1 N–H and O–H groups in total. The van der Waals surface area contributed by atoms with Crippen molar-refractivity contribution in [1.82, 2.24) is 15.5 Å². The molecule has 0 fully saturated rings. The van der Waals surface area contributed by atoms with Crippen molar-refractivity contribution in [2.75, 3.05) is 20.3 Å². The normalized spacial score (nSPS) is 11.2. The van der Waals surface area contributed by atoms with Crippen molar-refractivity contribution < 1.29 is 18.8 Å². The number of aromatic nitrogens is 2. The molecule has 3 aromatic rings. The molecule has 0 aliphatic heterocycles. The molecule has 0 spiro atoms. The lowest BCUT2D eigenvalue weighted by atomic mass is 9.96. The molecule has 3 rings (SSSR count). The minimum atomic E-state index is -0.238. The van der Waals surface area contributed by atoms with Crippen LogP contribution in [0.5, 0.6) is 11.5 Å². The molecule has 1 heterocycles. The maximum absolute atomic E-state index is 12.7. The predicted molar refractivity (Wildman–Crippen MR) is 109 cm³/mol. The minimum Gasteiger partial charge on any atom is -0.497 e. The monoisotopic (exact) mass is 395 g/mol. The van der Waals surface area contributed by atoms with Crippen molar-refractivity contribution in [2.24, 2.45) is 0 Å². The van der Waals surface area contributed by atoms with Gasteiger partial charge in [-0.05, 0) is 36.4 Å². The predicted octanol–water partition coefficient (Wildman–Crippen LogP) is 3.85. The Morgan fingerprint density at radius 3 is 2.41 bits per heavy atom. The Morgan fingerprint density at radius 2 is 1.76 bits per heavy atom. The van der Waals surface area contributed by atoms with Gasteiger partial charge >= 0.3 is 0 Å². The van der Waals surface area contributed by atoms with Crippen LogP contribution < -0.4 is 14.8 Å². The van der Waals surface area contributed by atoms with Crippen LogP contribution in [0.15, 0.2) is 53.1 Å². The number of carbonyl (C=O) groups is 1. The third-order valence-corrected chi connectivity index (χ3v) is 4.21. The van der Waals surface area contributed by atoms with E-state index >= 15 is 0 Å².